The molecule has 0 saturated heterocycles. The van der Waals surface area contributed by atoms with Gasteiger partial charge in [0.15, 0.2) is 0 Å². The molecule has 0 aliphatic rings. The van der Waals surface area contributed by atoms with Gasteiger partial charge in [-0.2, -0.15) is 0 Å². The van der Waals surface area contributed by atoms with Gasteiger partial charge in [0.05, 0.1) is 5.35 Å². The van der Waals surface area contributed by atoms with Gasteiger partial charge in [-0.1, -0.05) is 13.2 Å². The maximum absolute atomic E-state index is 3.79. The van der Waals surface area contributed by atoms with Crippen LogP contribution in [0.15, 0.2) is 12.5 Å². The maximum Gasteiger partial charge on any atom is 0.116 e. The Balaban J connectivity index is 3.59. The molecule has 1 heterocycles. The van der Waals surface area contributed by atoms with E-state index in [2.05, 4.69) is 23.1 Å². The summed E-state index contributed by atoms with van der Waals surface area (Å²) in [6, 6.07) is 0. The molecule has 0 unspecified atom stereocenters. The molecule has 0 spiro atoms. The molecule has 8 heavy (non-hydrogen) atoms. The monoisotopic (exact) mass is 106 g/mol. The molecular formula is C6H6N2. The quantitative estimate of drug-likeness (QED) is 0.437. The third-order valence-electron chi connectivity index (χ3n) is 0.881. The Hall–Kier alpha value is -1.18. The van der Waals surface area contributed by atoms with Crippen LogP contribution in [-0.4, -0.2) is 9.97 Å². The number of hydrogen-bond acceptors (Lipinski definition) is 2. The lowest BCUT2D eigenvalue weighted by molar-refractivity contribution is 1.11. The van der Waals surface area contributed by atoms with Crippen LogP contribution in [0.3, 0.4) is 0 Å². The van der Waals surface area contributed by atoms with E-state index in [9.17, 15) is 0 Å². The van der Waals surface area contributed by atoms with E-state index in [1.807, 2.05) is 0 Å². The molecule has 0 radical (unpaired) electrons. The van der Waals surface area contributed by atoms with Crippen molar-refractivity contribution in [2.75, 3.05) is 0 Å². The zero-order valence-corrected chi connectivity index (χ0v) is 4.46. The minimum Gasteiger partial charge on any atom is -0.244 e. The van der Waals surface area contributed by atoms with Gasteiger partial charge >= 0.3 is 0 Å². The molecule has 0 aliphatic carbocycles. The van der Waals surface area contributed by atoms with E-state index in [0.717, 1.165) is 5.22 Å². The van der Waals surface area contributed by atoms with Gasteiger partial charge < -0.3 is 0 Å². The van der Waals surface area contributed by atoms with Gasteiger partial charge in [-0.3, -0.25) is 0 Å². The highest BCUT2D eigenvalue weighted by atomic mass is 14.8. The summed E-state index contributed by atoms with van der Waals surface area (Å²) in [7, 11) is 0. The summed E-state index contributed by atoms with van der Waals surface area (Å²) in [4.78, 5) is 7.53. The van der Waals surface area contributed by atoms with Crippen molar-refractivity contribution in [1.29, 1.82) is 0 Å². The summed E-state index contributed by atoms with van der Waals surface area (Å²) in [6.07, 6.45) is 3.09. The summed E-state index contributed by atoms with van der Waals surface area (Å²) >= 11 is 0. The highest BCUT2D eigenvalue weighted by molar-refractivity contribution is 5.04. The Morgan fingerprint density at radius 1 is 1.38 bits per heavy atom. The van der Waals surface area contributed by atoms with Crippen LogP contribution in [0.2, 0.25) is 0 Å². The van der Waals surface area contributed by atoms with Crippen molar-refractivity contribution in [2.24, 2.45) is 0 Å². The second-order valence-electron chi connectivity index (χ2n) is 1.49. The summed E-state index contributed by atoms with van der Waals surface area (Å²) < 4.78 is 0. The van der Waals surface area contributed by atoms with E-state index in [0.29, 0.717) is 5.35 Å². The fraction of sp³-hybridized carbons (Fsp3) is 0. The fourth-order valence-corrected chi connectivity index (χ4v) is 0.384. The molecule has 0 fully saturated rings. The minimum atomic E-state index is 0.694. The maximum atomic E-state index is 3.79. The van der Waals surface area contributed by atoms with Crippen LogP contribution in [0.5, 0.6) is 0 Å². The lowest BCUT2D eigenvalue weighted by atomic mass is 10.5. The minimum absolute atomic E-state index is 0.694. The van der Waals surface area contributed by atoms with Crippen molar-refractivity contribution in [1.82, 2.24) is 9.97 Å². The van der Waals surface area contributed by atoms with Crippen LogP contribution < -0.4 is 10.6 Å². The van der Waals surface area contributed by atoms with Gasteiger partial charge in [-0.25, -0.2) is 9.97 Å². The Kier molecular flexibility index (Phi) is 1.08. The zero-order chi connectivity index (χ0) is 5.98. The first-order valence-electron chi connectivity index (χ1n) is 2.24. The Labute approximate surface area is 47.2 Å². The van der Waals surface area contributed by atoms with Crippen molar-refractivity contribution in [3.05, 3.63) is 23.1 Å². The van der Waals surface area contributed by atoms with E-state index >= 15 is 0 Å². The molecule has 1 aromatic heterocycles. The topological polar surface area (TPSA) is 25.8 Å². The SMILES string of the molecule is C=c1cncnc1=C. The van der Waals surface area contributed by atoms with E-state index in [-0.39, 0.29) is 0 Å². The predicted molar refractivity (Wildman–Crippen MR) is 32.3 cm³/mol. The fourth-order valence-electron chi connectivity index (χ4n) is 0.384. The molecular weight excluding hydrogens is 100 g/mol. The van der Waals surface area contributed by atoms with Crippen molar-refractivity contribution in [2.45, 2.75) is 0 Å². The van der Waals surface area contributed by atoms with Crippen LogP contribution in [0, 0.1) is 0 Å². The molecule has 2 heteroatoms. The molecule has 1 aromatic rings. The van der Waals surface area contributed by atoms with Crippen LogP contribution in [-0.2, 0) is 0 Å². The molecule has 0 aromatic carbocycles. The number of hydrogen-bond donors (Lipinski definition) is 0. The standard InChI is InChI=1S/C6H6N2/c1-5-3-7-4-8-6(5)2/h3-4H,1-2H2. The van der Waals surface area contributed by atoms with E-state index in [4.69, 9.17) is 0 Å². The van der Waals surface area contributed by atoms with E-state index < -0.39 is 0 Å². The van der Waals surface area contributed by atoms with Gasteiger partial charge in [0, 0.05) is 11.4 Å². The normalized spacial score (nSPS) is 9.00. The first kappa shape index (κ1) is 4.97. The molecule has 1 rings (SSSR count). The second kappa shape index (κ2) is 1.74. The van der Waals surface area contributed by atoms with Crippen molar-refractivity contribution >= 4 is 13.2 Å². The lowest BCUT2D eigenvalue weighted by Crippen LogP contribution is -2.24. The van der Waals surface area contributed by atoms with Crippen molar-refractivity contribution in [3.63, 3.8) is 0 Å². The van der Waals surface area contributed by atoms with E-state index in [1.165, 1.54) is 6.33 Å². The molecule has 0 N–H and O–H groups in total. The average molecular weight is 106 g/mol. The van der Waals surface area contributed by atoms with Crippen LogP contribution in [0.4, 0.5) is 0 Å². The lowest BCUT2D eigenvalue weighted by Gasteiger charge is -1.78. The van der Waals surface area contributed by atoms with Gasteiger partial charge in [-0.05, 0) is 0 Å². The summed E-state index contributed by atoms with van der Waals surface area (Å²) in [6.45, 7) is 7.24. The summed E-state index contributed by atoms with van der Waals surface area (Å²) in [5, 5.41) is 1.48. The van der Waals surface area contributed by atoms with Crippen molar-refractivity contribution < 1.29 is 0 Å². The molecule has 0 atom stereocenters. The Morgan fingerprint density at radius 2 is 2.12 bits per heavy atom. The highest BCUT2D eigenvalue weighted by Crippen LogP contribution is 1.49. The van der Waals surface area contributed by atoms with Gasteiger partial charge in [0.25, 0.3) is 0 Å². The van der Waals surface area contributed by atoms with Gasteiger partial charge in [-0.15, -0.1) is 0 Å². The van der Waals surface area contributed by atoms with Gasteiger partial charge in [0.1, 0.15) is 6.33 Å². The number of aromatic nitrogens is 2. The van der Waals surface area contributed by atoms with Crippen molar-refractivity contribution in [3.8, 4) is 0 Å². The smallest absolute Gasteiger partial charge is 0.116 e. The second-order valence-corrected chi connectivity index (χ2v) is 1.49. The first-order chi connectivity index (χ1) is 3.80. The Morgan fingerprint density at radius 3 is 2.50 bits per heavy atom. The number of nitrogens with zero attached hydrogens (tertiary/aromatic N) is 2. The third-order valence-corrected chi connectivity index (χ3v) is 0.881. The molecule has 0 saturated carbocycles. The summed E-state index contributed by atoms with van der Waals surface area (Å²) in [5.41, 5.74) is 0. The predicted octanol–water partition coefficient (Wildman–Crippen LogP) is -0.703. The Bertz CT molecular complexity index is 237. The van der Waals surface area contributed by atoms with Crippen LogP contribution >= 0.6 is 0 Å². The molecule has 0 bridgehead atoms. The average Bonchev–Trinajstić information content (AvgIpc) is 1.77. The molecule has 40 valence electrons. The van der Waals surface area contributed by atoms with Gasteiger partial charge in [0.2, 0.25) is 0 Å². The third kappa shape index (κ3) is 0.729. The molecule has 2 nitrogen and oxygen atoms in total. The van der Waals surface area contributed by atoms with E-state index in [1.54, 1.807) is 6.20 Å². The number of rotatable bonds is 0. The van der Waals surface area contributed by atoms with Crippen LogP contribution in [0.25, 0.3) is 13.2 Å². The first-order valence-corrected chi connectivity index (χ1v) is 2.24. The summed E-state index contributed by atoms with van der Waals surface area (Å²) in [5.74, 6) is 0. The highest BCUT2D eigenvalue weighted by Gasteiger charge is 1.73. The zero-order valence-electron chi connectivity index (χ0n) is 4.46. The molecule has 0 aliphatic heterocycles. The van der Waals surface area contributed by atoms with Crippen LogP contribution in [0.1, 0.15) is 0 Å². The largest absolute Gasteiger partial charge is 0.244 e. The molecule has 0 amide bonds.